The molecule has 2 aromatic heterocycles. The second-order valence-corrected chi connectivity index (χ2v) is 5.08. The van der Waals surface area contributed by atoms with Crippen molar-refractivity contribution in [3.63, 3.8) is 0 Å². The topological polar surface area (TPSA) is 107 Å². The van der Waals surface area contributed by atoms with Crippen molar-refractivity contribution in [3.05, 3.63) is 28.4 Å². The third kappa shape index (κ3) is 2.74. The molecule has 0 saturated heterocycles. The van der Waals surface area contributed by atoms with Crippen molar-refractivity contribution in [1.82, 2.24) is 10.2 Å². The van der Waals surface area contributed by atoms with E-state index in [0.717, 1.165) is 4.88 Å². The fraction of sp³-hybridized carbons (Fsp3) is 0.182. The number of anilines is 2. The Balaban J connectivity index is 2.17. The van der Waals surface area contributed by atoms with Gasteiger partial charge in [0.05, 0.1) is 17.4 Å². The molecule has 0 atom stereocenters. The standard InChI is InChI=1S/C11H12N4O3S/c1-5-6(2)19-9(8(5)10(16)17)15-11(18)14-7-3-12-13-4-7/h3-4H,1-2H3,(H,12,13)(H,16,17)(H2,14,15,18). The lowest BCUT2D eigenvalue weighted by atomic mass is 10.1. The molecule has 0 aliphatic rings. The molecule has 100 valence electrons. The highest BCUT2D eigenvalue weighted by molar-refractivity contribution is 7.16. The van der Waals surface area contributed by atoms with Crippen LogP contribution in [0.15, 0.2) is 12.4 Å². The maximum Gasteiger partial charge on any atom is 0.338 e. The molecule has 0 spiro atoms. The summed E-state index contributed by atoms with van der Waals surface area (Å²) in [5.41, 5.74) is 1.29. The van der Waals surface area contributed by atoms with Crippen LogP contribution in [-0.4, -0.2) is 27.3 Å². The van der Waals surface area contributed by atoms with Gasteiger partial charge in [-0.15, -0.1) is 11.3 Å². The van der Waals surface area contributed by atoms with Crippen LogP contribution < -0.4 is 10.6 Å². The fourth-order valence-electron chi connectivity index (χ4n) is 1.56. The number of aryl methyl sites for hydroxylation is 1. The van der Waals surface area contributed by atoms with Crippen LogP contribution in [0.25, 0.3) is 0 Å². The molecule has 2 rings (SSSR count). The fourth-order valence-corrected chi connectivity index (χ4v) is 2.60. The van der Waals surface area contributed by atoms with Gasteiger partial charge in [0.1, 0.15) is 5.00 Å². The van der Waals surface area contributed by atoms with Crippen LogP contribution in [0.2, 0.25) is 0 Å². The number of hydrogen-bond acceptors (Lipinski definition) is 4. The number of carbonyl (C=O) groups is 2. The quantitative estimate of drug-likeness (QED) is 0.692. The van der Waals surface area contributed by atoms with Crippen molar-refractivity contribution in [2.24, 2.45) is 0 Å². The predicted octanol–water partition coefficient (Wildman–Crippen LogP) is 2.43. The Morgan fingerprint density at radius 1 is 1.37 bits per heavy atom. The van der Waals surface area contributed by atoms with Crippen LogP contribution in [0.4, 0.5) is 15.5 Å². The van der Waals surface area contributed by atoms with E-state index in [4.69, 9.17) is 5.11 Å². The van der Waals surface area contributed by atoms with Crippen molar-refractivity contribution in [1.29, 1.82) is 0 Å². The molecule has 4 N–H and O–H groups in total. The molecule has 0 bridgehead atoms. The highest BCUT2D eigenvalue weighted by Crippen LogP contribution is 2.32. The lowest BCUT2D eigenvalue weighted by Gasteiger charge is -2.05. The number of carboxylic acids is 1. The number of carboxylic acid groups (broad SMARTS) is 1. The first kappa shape index (κ1) is 13.1. The maximum atomic E-state index is 11.7. The van der Waals surface area contributed by atoms with Crippen molar-refractivity contribution < 1.29 is 14.7 Å². The molecule has 2 aromatic rings. The number of aromatic nitrogens is 2. The second kappa shape index (κ2) is 5.11. The number of thiophene rings is 1. The average molecular weight is 280 g/mol. The average Bonchev–Trinajstić information content (AvgIpc) is 2.88. The molecular weight excluding hydrogens is 268 g/mol. The monoisotopic (exact) mass is 280 g/mol. The van der Waals surface area contributed by atoms with E-state index in [2.05, 4.69) is 20.8 Å². The Bertz CT molecular complexity index is 618. The van der Waals surface area contributed by atoms with E-state index in [-0.39, 0.29) is 5.56 Å². The minimum absolute atomic E-state index is 0.129. The molecule has 0 fully saturated rings. The Morgan fingerprint density at radius 3 is 2.68 bits per heavy atom. The molecule has 2 amide bonds. The number of aromatic amines is 1. The summed E-state index contributed by atoms with van der Waals surface area (Å²) >= 11 is 1.23. The van der Waals surface area contributed by atoms with Gasteiger partial charge >= 0.3 is 12.0 Å². The number of rotatable bonds is 3. The summed E-state index contributed by atoms with van der Waals surface area (Å²) in [5.74, 6) is -1.06. The second-order valence-electron chi connectivity index (χ2n) is 3.86. The summed E-state index contributed by atoms with van der Waals surface area (Å²) in [6.45, 7) is 3.53. The van der Waals surface area contributed by atoms with E-state index in [1.54, 1.807) is 6.92 Å². The number of nitrogens with zero attached hydrogens (tertiary/aromatic N) is 1. The van der Waals surface area contributed by atoms with E-state index in [0.29, 0.717) is 16.3 Å². The summed E-state index contributed by atoms with van der Waals surface area (Å²) in [6, 6.07) is -0.509. The van der Waals surface area contributed by atoms with Crippen LogP contribution in [-0.2, 0) is 0 Å². The minimum atomic E-state index is -1.06. The van der Waals surface area contributed by atoms with Crippen LogP contribution >= 0.6 is 11.3 Å². The summed E-state index contributed by atoms with van der Waals surface area (Å²) in [4.78, 5) is 23.8. The third-order valence-corrected chi connectivity index (χ3v) is 3.71. The zero-order valence-corrected chi connectivity index (χ0v) is 11.1. The lowest BCUT2D eigenvalue weighted by Crippen LogP contribution is -2.19. The molecule has 0 aliphatic carbocycles. The number of amides is 2. The van der Waals surface area contributed by atoms with Gasteiger partial charge in [-0.05, 0) is 19.4 Å². The number of H-pyrrole nitrogens is 1. The molecular formula is C11H12N4O3S. The van der Waals surface area contributed by atoms with Gasteiger partial charge in [-0.25, -0.2) is 9.59 Å². The zero-order chi connectivity index (χ0) is 14.0. The normalized spacial score (nSPS) is 10.2. The van der Waals surface area contributed by atoms with Gasteiger partial charge in [-0.3, -0.25) is 10.4 Å². The Kier molecular flexibility index (Phi) is 3.52. The molecule has 7 nitrogen and oxygen atoms in total. The van der Waals surface area contributed by atoms with Crippen LogP contribution in [0.5, 0.6) is 0 Å². The molecule has 8 heteroatoms. The first-order valence-corrected chi connectivity index (χ1v) is 6.20. The van der Waals surface area contributed by atoms with E-state index >= 15 is 0 Å². The highest BCUT2D eigenvalue weighted by Gasteiger charge is 2.20. The molecule has 0 radical (unpaired) electrons. The first-order chi connectivity index (χ1) is 8.99. The van der Waals surface area contributed by atoms with Gasteiger partial charge in [0, 0.05) is 11.1 Å². The maximum absolute atomic E-state index is 11.7. The Hall–Kier alpha value is -2.35. The first-order valence-electron chi connectivity index (χ1n) is 5.39. The molecule has 0 unspecified atom stereocenters. The van der Waals surface area contributed by atoms with Crippen LogP contribution in [0, 0.1) is 13.8 Å². The van der Waals surface area contributed by atoms with E-state index in [1.807, 2.05) is 6.92 Å². The Morgan fingerprint density at radius 2 is 2.11 bits per heavy atom. The zero-order valence-electron chi connectivity index (χ0n) is 10.3. The molecule has 19 heavy (non-hydrogen) atoms. The SMILES string of the molecule is Cc1sc(NC(=O)Nc2cn[nH]c2)c(C(=O)O)c1C. The van der Waals surface area contributed by atoms with Gasteiger partial charge in [-0.1, -0.05) is 0 Å². The van der Waals surface area contributed by atoms with E-state index < -0.39 is 12.0 Å². The van der Waals surface area contributed by atoms with Crippen molar-refractivity contribution >= 4 is 34.0 Å². The van der Waals surface area contributed by atoms with Gasteiger partial charge in [0.15, 0.2) is 0 Å². The van der Waals surface area contributed by atoms with E-state index in [1.165, 1.54) is 23.7 Å². The summed E-state index contributed by atoms with van der Waals surface area (Å²) in [5, 5.41) is 20.8. The predicted molar refractivity (Wildman–Crippen MR) is 72.0 cm³/mol. The smallest absolute Gasteiger partial charge is 0.338 e. The highest BCUT2D eigenvalue weighted by atomic mass is 32.1. The summed E-state index contributed by atoms with van der Waals surface area (Å²) in [6.07, 6.45) is 2.96. The lowest BCUT2D eigenvalue weighted by molar-refractivity contribution is 0.0697. The molecule has 0 saturated carbocycles. The van der Waals surface area contributed by atoms with Crippen LogP contribution in [0.3, 0.4) is 0 Å². The molecule has 2 heterocycles. The van der Waals surface area contributed by atoms with Gasteiger partial charge in [-0.2, -0.15) is 5.10 Å². The van der Waals surface area contributed by atoms with Crippen molar-refractivity contribution in [3.8, 4) is 0 Å². The third-order valence-electron chi connectivity index (χ3n) is 2.58. The van der Waals surface area contributed by atoms with Crippen molar-refractivity contribution in [2.75, 3.05) is 10.6 Å². The number of hydrogen-bond donors (Lipinski definition) is 4. The van der Waals surface area contributed by atoms with Gasteiger partial charge in [0.2, 0.25) is 0 Å². The summed E-state index contributed by atoms with van der Waals surface area (Å²) in [7, 11) is 0. The number of aromatic carboxylic acids is 1. The minimum Gasteiger partial charge on any atom is -0.478 e. The largest absolute Gasteiger partial charge is 0.478 e. The van der Waals surface area contributed by atoms with E-state index in [9.17, 15) is 9.59 Å². The summed E-state index contributed by atoms with van der Waals surface area (Å²) < 4.78 is 0. The van der Waals surface area contributed by atoms with Gasteiger partial charge in [0.25, 0.3) is 0 Å². The van der Waals surface area contributed by atoms with Crippen LogP contribution in [0.1, 0.15) is 20.8 Å². The Labute approximate surface area is 112 Å². The van der Waals surface area contributed by atoms with Gasteiger partial charge < -0.3 is 10.4 Å². The number of nitrogens with one attached hydrogen (secondary N) is 3. The molecule has 0 aliphatic heterocycles. The number of carbonyl (C=O) groups excluding carboxylic acids is 1. The molecule has 0 aromatic carbocycles. The van der Waals surface area contributed by atoms with Crippen molar-refractivity contribution in [2.45, 2.75) is 13.8 Å². The number of urea groups is 1.